The van der Waals surface area contributed by atoms with Crippen LogP contribution in [0.15, 0.2) is 48.5 Å². The smallest absolute Gasteiger partial charge is 0.119 e. The first-order valence-electron chi connectivity index (χ1n) is 5.76. The largest absolute Gasteiger partial charge is 0.508 e. The second-order valence-electron chi connectivity index (χ2n) is 4.03. The SMILES string of the molecule is COCc1ccc(OCc2ccc(O)cc2)cc1. The maximum Gasteiger partial charge on any atom is 0.119 e. The Hall–Kier alpha value is -2.00. The number of rotatable bonds is 5. The van der Waals surface area contributed by atoms with E-state index >= 15 is 0 Å². The maximum atomic E-state index is 9.17. The van der Waals surface area contributed by atoms with Crippen LogP contribution in [0.25, 0.3) is 0 Å². The van der Waals surface area contributed by atoms with Crippen LogP contribution in [0, 0.1) is 0 Å². The van der Waals surface area contributed by atoms with E-state index in [2.05, 4.69) is 0 Å². The molecule has 0 aliphatic heterocycles. The molecule has 2 aromatic rings. The zero-order chi connectivity index (χ0) is 12.8. The monoisotopic (exact) mass is 244 g/mol. The number of phenols is 1. The summed E-state index contributed by atoms with van der Waals surface area (Å²) in [5.41, 5.74) is 2.14. The number of benzene rings is 2. The average Bonchev–Trinajstić information content (AvgIpc) is 2.40. The Kier molecular flexibility index (Phi) is 4.20. The van der Waals surface area contributed by atoms with Crippen molar-refractivity contribution in [3.05, 3.63) is 59.7 Å². The van der Waals surface area contributed by atoms with Gasteiger partial charge in [-0.15, -0.1) is 0 Å². The molecule has 0 bridgehead atoms. The molecule has 0 spiro atoms. The fraction of sp³-hybridized carbons (Fsp3) is 0.200. The van der Waals surface area contributed by atoms with E-state index < -0.39 is 0 Å². The van der Waals surface area contributed by atoms with E-state index in [0.717, 1.165) is 16.9 Å². The molecule has 94 valence electrons. The fourth-order valence-electron chi connectivity index (χ4n) is 1.61. The minimum Gasteiger partial charge on any atom is -0.508 e. The quantitative estimate of drug-likeness (QED) is 0.878. The van der Waals surface area contributed by atoms with Gasteiger partial charge < -0.3 is 14.6 Å². The van der Waals surface area contributed by atoms with Gasteiger partial charge in [0.1, 0.15) is 18.1 Å². The van der Waals surface area contributed by atoms with Crippen LogP contribution >= 0.6 is 0 Å². The summed E-state index contributed by atoms with van der Waals surface area (Å²) in [6.45, 7) is 1.10. The van der Waals surface area contributed by atoms with E-state index in [1.54, 1.807) is 19.2 Å². The third-order valence-corrected chi connectivity index (χ3v) is 2.58. The highest BCUT2D eigenvalue weighted by molar-refractivity contribution is 5.28. The van der Waals surface area contributed by atoms with Crippen LogP contribution in [0.5, 0.6) is 11.5 Å². The summed E-state index contributed by atoms with van der Waals surface area (Å²) in [6.07, 6.45) is 0. The highest BCUT2D eigenvalue weighted by Gasteiger charge is 1.97. The lowest BCUT2D eigenvalue weighted by Gasteiger charge is -2.07. The van der Waals surface area contributed by atoms with E-state index in [1.165, 1.54) is 0 Å². The predicted molar refractivity (Wildman–Crippen MR) is 69.6 cm³/mol. The Balaban J connectivity index is 1.91. The Bertz CT molecular complexity index is 474. The van der Waals surface area contributed by atoms with Gasteiger partial charge in [0.25, 0.3) is 0 Å². The second-order valence-corrected chi connectivity index (χ2v) is 4.03. The first kappa shape index (κ1) is 12.5. The molecule has 0 fully saturated rings. The Morgan fingerprint density at radius 2 is 1.39 bits per heavy atom. The van der Waals surface area contributed by atoms with Crippen LogP contribution in [0.2, 0.25) is 0 Å². The van der Waals surface area contributed by atoms with Crippen molar-refractivity contribution in [3.8, 4) is 11.5 Å². The molecule has 1 N–H and O–H groups in total. The van der Waals surface area contributed by atoms with Gasteiger partial charge in [-0.3, -0.25) is 0 Å². The molecule has 0 aromatic heterocycles. The van der Waals surface area contributed by atoms with Crippen LogP contribution in [0.1, 0.15) is 11.1 Å². The van der Waals surface area contributed by atoms with E-state index in [9.17, 15) is 5.11 Å². The number of hydrogen-bond donors (Lipinski definition) is 1. The van der Waals surface area contributed by atoms with Crippen LogP contribution in [0.4, 0.5) is 0 Å². The predicted octanol–water partition coefficient (Wildman–Crippen LogP) is 3.12. The molecule has 0 atom stereocenters. The van der Waals surface area contributed by atoms with E-state index in [4.69, 9.17) is 9.47 Å². The van der Waals surface area contributed by atoms with Gasteiger partial charge in [0.05, 0.1) is 6.61 Å². The highest BCUT2D eigenvalue weighted by atomic mass is 16.5. The molecule has 0 heterocycles. The average molecular weight is 244 g/mol. The standard InChI is InChI=1S/C15H16O3/c1-17-10-12-4-8-15(9-5-12)18-11-13-2-6-14(16)7-3-13/h2-9,16H,10-11H2,1H3. The first-order chi connectivity index (χ1) is 8.78. The van der Waals surface area contributed by atoms with Gasteiger partial charge in [0.2, 0.25) is 0 Å². The summed E-state index contributed by atoms with van der Waals surface area (Å²) in [5, 5.41) is 9.17. The minimum absolute atomic E-state index is 0.266. The molecular formula is C15H16O3. The van der Waals surface area contributed by atoms with E-state index in [1.807, 2.05) is 36.4 Å². The van der Waals surface area contributed by atoms with Gasteiger partial charge in [-0.2, -0.15) is 0 Å². The molecule has 3 nitrogen and oxygen atoms in total. The van der Waals surface area contributed by atoms with E-state index in [0.29, 0.717) is 13.2 Å². The van der Waals surface area contributed by atoms with Gasteiger partial charge in [0.15, 0.2) is 0 Å². The van der Waals surface area contributed by atoms with Crippen LogP contribution in [-0.2, 0) is 18.0 Å². The van der Waals surface area contributed by atoms with Crippen molar-refractivity contribution in [1.29, 1.82) is 0 Å². The van der Waals surface area contributed by atoms with Crippen molar-refractivity contribution in [3.63, 3.8) is 0 Å². The molecule has 0 aliphatic rings. The van der Waals surface area contributed by atoms with Crippen molar-refractivity contribution in [2.45, 2.75) is 13.2 Å². The maximum absolute atomic E-state index is 9.17. The zero-order valence-corrected chi connectivity index (χ0v) is 10.3. The van der Waals surface area contributed by atoms with Gasteiger partial charge in [-0.25, -0.2) is 0 Å². The summed E-state index contributed by atoms with van der Waals surface area (Å²) in [4.78, 5) is 0. The molecule has 0 saturated heterocycles. The number of methoxy groups -OCH3 is 1. The Morgan fingerprint density at radius 1 is 0.833 bits per heavy atom. The highest BCUT2D eigenvalue weighted by Crippen LogP contribution is 2.16. The lowest BCUT2D eigenvalue weighted by atomic mass is 10.2. The molecule has 0 radical (unpaired) electrons. The van der Waals surface area contributed by atoms with Crippen molar-refractivity contribution in [2.75, 3.05) is 7.11 Å². The zero-order valence-electron chi connectivity index (χ0n) is 10.3. The van der Waals surface area contributed by atoms with Gasteiger partial charge in [0, 0.05) is 7.11 Å². The number of aromatic hydroxyl groups is 1. The van der Waals surface area contributed by atoms with Crippen molar-refractivity contribution < 1.29 is 14.6 Å². The van der Waals surface area contributed by atoms with E-state index in [-0.39, 0.29) is 5.75 Å². The molecule has 0 aliphatic carbocycles. The molecule has 0 unspecified atom stereocenters. The summed E-state index contributed by atoms with van der Waals surface area (Å²) in [5.74, 6) is 1.09. The third kappa shape index (κ3) is 3.50. The van der Waals surface area contributed by atoms with Crippen molar-refractivity contribution in [1.82, 2.24) is 0 Å². The molecule has 0 amide bonds. The van der Waals surface area contributed by atoms with Crippen molar-refractivity contribution in [2.24, 2.45) is 0 Å². The van der Waals surface area contributed by atoms with Crippen LogP contribution < -0.4 is 4.74 Å². The normalized spacial score (nSPS) is 10.3. The summed E-state index contributed by atoms with van der Waals surface area (Å²) in [6, 6.07) is 14.8. The molecule has 2 aromatic carbocycles. The first-order valence-corrected chi connectivity index (χ1v) is 5.76. The van der Waals surface area contributed by atoms with Crippen LogP contribution in [-0.4, -0.2) is 12.2 Å². The molecule has 18 heavy (non-hydrogen) atoms. The number of ether oxygens (including phenoxy) is 2. The van der Waals surface area contributed by atoms with Gasteiger partial charge in [-0.1, -0.05) is 24.3 Å². The molecule has 0 saturated carbocycles. The minimum atomic E-state index is 0.266. The van der Waals surface area contributed by atoms with Gasteiger partial charge in [-0.05, 0) is 35.4 Å². The Morgan fingerprint density at radius 3 is 2.00 bits per heavy atom. The second kappa shape index (κ2) is 6.07. The summed E-state index contributed by atoms with van der Waals surface area (Å²) in [7, 11) is 1.68. The number of phenolic OH excluding ortho intramolecular Hbond substituents is 1. The molecule has 3 heteroatoms. The van der Waals surface area contributed by atoms with Crippen LogP contribution in [0.3, 0.4) is 0 Å². The summed E-state index contributed by atoms with van der Waals surface area (Å²) >= 11 is 0. The lowest BCUT2D eigenvalue weighted by molar-refractivity contribution is 0.185. The van der Waals surface area contributed by atoms with Gasteiger partial charge >= 0.3 is 0 Å². The number of hydrogen-bond acceptors (Lipinski definition) is 3. The molecular weight excluding hydrogens is 228 g/mol. The fourth-order valence-corrected chi connectivity index (χ4v) is 1.61. The lowest BCUT2D eigenvalue weighted by Crippen LogP contribution is -1.95. The third-order valence-electron chi connectivity index (χ3n) is 2.58. The molecule has 2 rings (SSSR count). The van der Waals surface area contributed by atoms with Crippen molar-refractivity contribution >= 4 is 0 Å². The summed E-state index contributed by atoms with van der Waals surface area (Å²) < 4.78 is 10.7. The Labute approximate surface area is 107 Å². The topological polar surface area (TPSA) is 38.7 Å².